The molecule has 2 nitrogen and oxygen atoms in total. The first-order chi connectivity index (χ1) is 6.03. The molecule has 0 heterocycles. The van der Waals surface area contributed by atoms with Crippen LogP contribution in [0.3, 0.4) is 0 Å². The molecule has 8 heteroatoms. The molecule has 0 unspecified atom stereocenters. The fourth-order valence-electron chi connectivity index (χ4n) is 0.826. The molecule has 1 aromatic rings. The lowest BCUT2D eigenvalue weighted by Gasteiger charge is -2.40. The summed E-state index contributed by atoms with van der Waals surface area (Å²) in [7, 11) is -9.58. The summed E-state index contributed by atoms with van der Waals surface area (Å²) >= 11 is 0. The molecule has 82 valence electrons. The highest BCUT2D eigenvalue weighted by Gasteiger charge is 2.65. The molecular formula is C6H7F5N2S. The van der Waals surface area contributed by atoms with E-state index in [-0.39, 0.29) is 11.8 Å². The van der Waals surface area contributed by atoms with Gasteiger partial charge >= 0.3 is 10.2 Å². The monoisotopic (exact) mass is 234 g/mol. The number of hydrogen-bond acceptors (Lipinski definition) is 2. The number of nitrogens with two attached hydrogens (primary N) is 1. The fraction of sp³-hybridized carbons (Fsp3) is 0. The van der Waals surface area contributed by atoms with E-state index >= 15 is 0 Å². The van der Waals surface area contributed by atoms with Gasteiger partial charge in [0.15, 0.2) is 0 Å². The molecule has 0 radical (unpaired) electrons. The van der Waals surface area contributed by atoms with Crippen molar-refractivity contribution in [2.24, 2.45) is 5.84 Å². The van der Waals surface area contributed by atoms with E-state index in [0.717, 1.165) is 12.1 Å². The van der Waals surface area contributed by atoms with E-state index < -0.39 is 15.1 Å². The quantitative estimate of drug-likeness (QED) is 0.466. The van der Waals surface area contributed by atoms with Crippen LogP contribution in [-0.2, 0) is 0 Å². The van der Waals surface area contributed by atoms with Crippen molar-refractivity contribution in [1.82, 2.24) is 0 Å². The highest BCUT2D eigenvalue weighted by atomic mass is 32.5. The number of nitrogens with one attached hydrogen (secondary N) is 1. The molecule has 0 spiro atoms. The molecular weight excluding hydrogens is 227 g/mol. The van der Waals surface area contributed by atoms with Crippen molar-refractivity contribution in [2.75, 3.05) is 5.43 Å². The van der Waals surface area contributed by atoms with Gasteiger partial charge in [0.25, 0.3) is 0 Å². The number of nitrogen functional groups attached to an aromatic ring is 1. The second kappa shape index (κ2) is 2.31. The summed E-state index contributed by atoms with van der Waals surface area (Å²) in [6, 6.07) is 2.57. The maximum atomic E-state index is 12.2. The molecule has 0 saturated carbocycles. The Bertz CT molecular complexity index is 359. The lowest BCUT2D eigenvalue weighted by molar-refractivity contribution is 0.364. The standard InChI is InChI=1S/C6H7F5N2S/c7-14(8,9,10,11)6-3-1-2-5(4-6)13-12/h1-4,13H,12H2. The summed E-state index contributed by atoms with van der Waals surface area (Å²) in [6.07, 6.45) is 0. The van der Waals surface area contributed by atoms with Gasteiger partial charge in [0.2, 0.25) is 0 Å². The Kier molecular flexibility index (Phi) is 1.83. The minimum atomic E-state index is -9.58. The van der Waals surface area contributed by atoms with Gasteiger partial charge in [-0.05, 0) is 18.2 Å². The van der Waals surface area contributed by atoms with Gasteiger partial charge in [-0.1, -0.05) is 25.5 Å². The SMILES string of the molecule is NNc1cccc(S(F)(F)(F)(F)F)c1. The second-order valence-corrected chi connectivity index (χ2v) is 5.05. The Morgan fingerprint density at radius 2 is 1.64 bits per heavy atom. The molecule has 0 aliphatic carbocycles. The number of halogens is 5. The maximum absolute atomic E-state index is 12.2. The van der Waals surface area contributed by atoms with Crippen LogP contribution in [0.25, 0.3) is 0 Å². The molecule has 0 aliphatic heterocycles. The van der Waals surface area contributed by atoms with Gasteiger partial charge in [-0.3, -0.25) is 5.84 Å². The molecule has 14 heavy (non-hydrogen) atoms. The molecule has 0 fully saturated rings. The van der Waals surface area contributed by atoms with E-state index in [1.54, 1.807) is 0 Å². The molecule has 0 bridgehead atoms. The molecule has 0 saturated heterocycles. The third-order valence-corrected chi connectivity index (χ3v) is 2.59. The zero-order valence-corrected chi connectivity index (χ0v) is 7.50. The van der Waals surface area contributed by atoms with Gasteiger partial charge in [-0.2, -0.15) is 0 Å². The van der Waals surface area contributed by atoms with E-state index in [2.05, 4.69) is 0 Å². The average Bonchev–Trinajstić information content (AvgIpc) is 2.01. The molecule has 1 aromatic carbocycles. The first-order valence-electron chi connectivity index (χ1n) is 3.34. The largest absolute Gasteiger partial charge is 0.324 e. The second-order valence-electron chi connectivity index (χ2n) is 2.64. The summed E-state index contributed by atoms with van der Waals surface area (Å²) in [4.78, 5) is -1.96. The maximum Gasteiger partial charge on any atom is 0.310 e. The number of benzene rings is 1. The molecule has 3 N–H and O–H groups in total. The number of rotatable bonds is 2. The van der Waals surface area contributed by atoms with Crippen LogP contribution in [0.15, 0.2) is 29.2 Å². The van der Waals surface area contributed by atoms with Crippen LogP contribution in [-0.4, -0.2) is 0 Å². The van der Waals surface area contributed by atoms with Gasteiger partial charge in [0, 0.05) is 5.69 Å². The highest BCUT2D eigenvalue weighted by Crippen LogP contribution is 3.02. The zero-order valence-electron chi connectivity index (χ0n) is 6.68. The van der Waals surface area contributed by atoms with Gasteiger partial charge in [0.05, 0.1) is 0 Å². The summed E-state index contributed by atoms with van der Waals surface area (Å²) in [5.74, 6) is 4.80. The Balaban J connectivity index is 3.35. The number of hydrazine groups is 1. The van der Waals surface area contributed by atoms with Crippen molar-refractivity contribution < 1.29 is 19.4 Å². The average molecular weight is 234 g/mol. The van der Waals surface area contributed by atoms with E-state index in [4.69, 9.17) is 5.84 Å². The van der Waals surface area contributed by atoms with Crippen molar-refractivity contribution >= 4 is 15.9 Å². The summed E-state index contributed by atoms with van der Waals surface area (Å²) in [5.41, 5.74) is 1.63. The fourth-order valence-corrected chi connectivity index (χ4v) is 1.51. The predicted molar refractivity (Wildman–Crippen MR) is 45.6 cm³/mol. The van der Waals surface area contributed by atoms with E-state index in [1.165, 1.54) is 0 Å². The van der Waals surface area contributed by atoms with Crippen LogP contribution in [0.5, 0.6) is 0 Å². The van der Waals surface area contributed by atoms with Crippen LogP contribution in [0.4, 0.5) is 25.1 Å². The Hall–Kier alpha value is -1.02. The lowest BCUT2D eigenvalue weighted by Crippen LogP contribution is -2.10. The Morgan fingerprint density at radius 1 is 1.07 bits per heavy atom. The van der Waals surface area contributed by atoms with Gasteiger partial charge in [0.1, 0.15) is 4.90 Å². The van der Waals surface area contributed by atoms with Crippen LogP contribution < -0.4 is 11.3 Å². The smallest absolute Gasteiger partial charge is 0.310 e. The van der Waals surface area contributed by atoms with E-state index in [0.29, 0.717) is 6.07 Å². The Labute approximate surface area is 76.6 Å². The number of anilines is 1. The van der Waals surface area contributed by atoms with Crippen LogP contribution in [0.1, 0.15) is 0 Å². The zero-order chi connectivity index (χ0) is 11.1. The molecule has 0 aliphatic rings. The third-order valence-electron chi connectivity index (χ3n) is 1.45. The molecule has 1 rings (SSSR count). The van der Waals surface area contributed by atoms with Crippen LogP contribution in [0, 0.1) is 0 Å². The van der Waals surface area contributed by atoms with Crippen molar-refractivity contribution in [3.8, 4) is 0 Å². The van der Waals surface area contributed by atoms with E-state index in [1.807, 2.05) is 5.43 Å². The van der Waals surface area contributed by atoms with Gasteiger partial charge < -0.3 is 5.43 Å². The minimum absolute atomic E-state index is 0.226. The topological polar surface area (TPSA) is 38.0 Å². The van der Waals surface area contributed by atoms with Gasteiger partial charge in [-0.15, -0.1) is 0 Å². The van der Waals surface area contributed by atoms with Crippen molar-refractivity contribution in [1.29, 1.82) is 0 Å². The molecule has 0 aromatic heterocycles. The van der Waals surface area contributed by atoms with Gasteiger partial charge in [-0.25, -0.2) is 0 Å². The summed E-state index contributed by atoms with van der Waals surface area (Å²) < 4.78 is 61.0. The predicted octanol–water partition coefficient (Wildman–Crippen LogP) is 3.63. The first kappa shape index (κ1) is 11.1. The van der Waals surface area contributed by atoms with Crippen LogP contribution >= 0.6 is 10.2 Å². The number of hydrogen-bond donors (Lipinski definition) is 2. The normalized spacial score (nSPS) is 17.0. The minimum Gasteiger partial charge on any atom is -0.324 e. The van der Waals surface area contributed by atoms with Crippen LogP contribution in [0.2, 0.25) is 0 Å². The summed E-state index contributed by atoms with van der Waals surface area (Å²) in [5, 5.41) is 0. The first-order valence-corrected chi connectivity index (χ1v) is 5.29. The highest BCUT2D eigenvalue weighted by molar-refractivity contribution is 8.45. The molecule has 0 amide bonds. The third kappa shape index (κ3) is 2.48. The van der Waals surface area contributed by atoms with Crippen molar-refractivity contribution in [2.45, 2.75) is 4.90 Å². The molecule has 0 atom stereocenters. The van der Waals surface area contributed by atoms with Crippen molar-refractivity contribution in [3.63, 3.8) is 0 Å². The summed E-state index contributed by atoms with van der Waals surface area (Å²) in [6.45, 7) is 0. The van der Waals surface area contributed by atoms with Crippen molar-refractivity contribution in [3.05, 3.63) is 24.3 Å². The lowest BCUT2D eigenvalue weighted by atomic mass is 10.3. The Morgan fingerprint density at radius 3 is 2.07 bits per heavy atom. The van der Waals surface area contributed by atoms with E-state index in [9.17, 15) is 19.4 Å².